The molecule has 2 aromatic carbocycles. The van der Waals surface area contributed by atoms with Crippen LogP contribution in [0.2, 0.25) is 0 Å². The van der Waals surface area contributed by atoms with Crippen molar-refractivity contribution in [2.75, 3.05) is 27.4 Å². The number of rotatable bonds is 8. The number of alkyl halides is 1. The number of carbonyl (C=O) groups excluding carboxylic acids is 1. The first-order chi connectivity index (χ1) is 15.9. The summed E-state index contributed by atoms with van der Waals surface area (Å²) in [6.07, 6.45) is -7.92. The van der Waals surface area contributed by atoms with Gasteiger partial charge in [0.1, 0.15) is 42.5 Å². The summed E-state index contributed by atoms with van der Waals surface area (Å²) < 4.78 is 40.5. The summed E-state index contributed by atoms with van der Waals surface area (Å²) in [5.41, 5.74) is 2.34. The molecule has 1 aliphatic rings. The normalized spacial score (nSPS) is 24.7. The second kappa shape index (κ2) is 11.3. The van der Waals surface area contributed by atoms with Crippen molar-refractivity contribution in [2.24, 2.45) is 0 Å². The van der Waals surface area contributed by atoms with Crippen molar-refractivity contribution in [1.82, 2.24) is 0 Å². The van der Waals surface area contributed by atoms with Gasteiger partial charge in [-0.25, -0.2) is 9.18 Å². The molecular formula is C24H29FO8. The highest BCUT2D eigenvalue weighted by atomic mass is 19.1. The Morgan fingerprint density at radius 1 is 1.03 bits per heavy atom. The number of halogens is 1. The minimum atomic E-state index is -1.94. The average Bonchev–Trinajstić information content (AvgIpc) is 2.83. The van der Waals surface area contributed by atoms with Crippen LogP contribution in [0, 0.1) is 0 Å². The van der Waals surface area contributed by atoms with E-state index in [2.05, 4.69) is 4.74 Å². The van der Waals surface area contributed by atoms with E-state index in [1.807, 2.05) is 24.3 Å². The fourth-order valence-electron chi connectivity index (χ4n) is 3.72. The van der Waals surface area contributed by atoms with E-state index in [-0.39, 0.29) is 6.61 Å². The van der Waals surface area contributed by atoms with Gasteiger partial charge in [0.2, 0.25) is 0 Å². The minimum absolute atomic E-state index is 0.107. The molecule has 0 spiro atoms. The van der Waals surface area contributed by atoms with Crippen molar-refractivity contribution < 1.29 is 43.1 Å². The summed E-state index contributed by atoms with van der Waals surface area (Å²) in [5, 5.41) is 20.8. The predicted octanol–water partition coefficient (Wildman–Crippen LogP) is 2.97. The quantitative estimate of drug-likeness (QED) is 0.575. The summed E-state index contributed by atoms with van der Waals surface area (Å²) in [6, 6.07) is 12.7. The summed E-state index contributed by atoms with van der Waals surface area (Å²) in [4.78, 5) is 11.5. The largest absolute Gasteiger partial charge is 0.508 e. The van der Waals surface area contributed by atoms with Crippen LogP contribution in [0.15, 0.2) is 42.5 Å². The van der Waals surface area contributed by atoms with Gasteiger partial charge in [0.15, 0.2) is 6.17 Å². The first kappa shape index (κ1) is 24.8. The van der Waals surface area contributed by atoms with Gasteiger partial charge in [-0.3, -0.25) is 0 Å². The van der Waals surface area contributed by atoms with Crippen LogP contribution in [0.5, 0.6) is 11.5 Å². The van der Waals surface area contributed by atoms with Crippen LogP contribution in [-0.4, -0.2) is 68.3 Å². The van der Waals surface area contributed by atoms with Crippen LogP contribution in [0.4, 0.5) is 9.18 Å². The molecule has 0 saturated carbocycles. The lowest BCUT2D eigenvalue weighted by molar-refractivity contribution is -0.215. The molecule has 1 fully saturated rings. The van der Waals surface area contributed by atoms with Crippen molar-refractivity contribution in [3.05, 3.63) is 59.2 Å². The zero-order chi connectivity index (χ0) is 24.0. The third-order valence-corrected chi connectivity index (χ3v) is 5.48. The van der Waals surface area contributed by atoms with Crippen LogP contribution in [-0.2, 0) is 20.6 Å². The summed E-state index contributed by atoms with van der Waals surface area (Å²) in [6.45, 7) is 1.25. The molecule has 0 radical (unpaired) electrons. The first-order valence-corrected chi connectivity index (χ1v) is 10.6. The Balaban J connectivity index is 1.82. The molecule has 1 aliphatic heterocycles. The van der Waals surface area contributed by atoms with Crippen molar-refractivity contribution in [1.29, 1.82) is 0 Å². The SMILES string of the molecule is CCOC(=O)OCC1OC(c2ccc(OC)c(Cc3ccc(OC)cc3)c2)C(O)C(O)C1F. The molecule has 0 bridgehead atoms. The standard InChI is InChI=1S/C24H29FO8/c1-4-31-24(28)32-13-19-20(25)21(26)22(27)23(33-19)15-7-10-18(30-3)16(12-15)11-14-5-8-17(29-2)9-6-14/h5-10,12,19-23,26-27H,4,11,13H2,1-3H3. The number of carbonyl (C=O) groups is 1. The molecule has 9 heteroatoms. The van der Waals surface area contributed by atoms with Gasteiger partial charge < -0.3 is 33.9 Å². The van der Waals surface area contributed by atoms with Crippen LogP contribution in [0.25, 0.3) is 0 Å². The average molecular weight is 464 g/mol. The highest BCUT2D eigenvalue weighted by molar-refractivity contribution is 5.59. The van der Waals surface area contributed by atoms with Gasteiger partial charge in [-0.1, -0.05) is 18.2 Å². The molecule has 8 nitrogen and oxygen atoms in total. The van der Waals surface area contributed by atoms with E-state index in [9.17, 15) is 19.4 Å². The predicted molar refractivity (Wildman–Crippen MR) is 116 cm³/mol. The van der Waals surface area contributed by atoms with Gasteiger partial charge in [0, 0.05) is 6.42 Å². The second-order valence-electron chi connectivity index (χ2n) is 7.61. The maximum atomic E-state index is 14.6. The Bertz CT molecular complexity index is 919. The van der Waals surface area contributed by atoms with Crippen molar-refractivity contribution >= 4 is 6.16 Å². The van der Waals surface area contributed by atoms with Gasteiger partial charge in [0.25, 0.3) is 0 Å². The first-order valence-electron chi connectivity index (χ1n) is 10.6. The maximum absolute atomic E-state index is 14.6. The number of hydrogen-bond acceptors (Lipinski definition) is 8. The molecule has 0 aromatic heterocycles. The molecule has 1 heterocycles. The number of methoxy groups -OCH3 is 2. The van der Waals surface area contributed by atoms with E-state index in [4.69, 9.17) is 18.9 Å². The second-order valence-corrected chi connectivity index (χ2v) is 7.61. The summed E-state index contributed by atoms with van der Waals surface area (Å²) >= 11 is 0. The van der Waals surface area contributed by atoms with Gasteiger partial charge in [-0.05, 0) is 47.9 Å². The highest BCUT2D eigenvalue weighted by Gasteiger charge is 2.46. The Morgan fingerprint density at radius 2 is 1.76 bits per heavy atom. The third kappa shape index (κ3) is 5.93. The monoisotopic (exact) mass is 464 g/mol. The fraction of sp³-hybridized carbons (Fsp3) is 0.458. The molecule has 3 rings (SSSR count). The van der Waals surface area contributed by atoms with E-state index in [0.717, 1.165) is 16.9 Å². The van der Waals surface area contributed by atoms with Crippen LogP contribution in [0.3, 0.4) is 0 Å². The molecule has 1 saturated heterocycles. The van der Waals surface area contributed by atoms with E-state index >= 15 is 0 Å². The minimum Gasteiger partial charge on any atom is -0.497 e. The lowest BCUT2D eigenvalue weighted by Crippen LogP contribution is -2.53. The number of hydrogen-bond donors (Lipinski definition) is 2. The number of ether oxygens (including phenoxy) is 5. The van der Waals surface area contributed by atoms with Crippen molar-refractivity contribution in [2.45, 2.75) is 43.9 Å². The Labute approximate surface area is 191 Å². The number of benzene rings is 2. The molecule has 2 N–H and O–H groups in total. The van der Waals surface area contributed by atoms with Gasteiger partial charge in [-0.2, -0.15) is 0 Å². The zero-order valence-corrected chi connectivity index (χ0v) is 18.8. The van der Waals surface area contributed by atoms with Gasteiger partial charge in [-0.15, -0.1) is 0 Å². The topological polar surface area (TPSA) is 104 Å². The zero-order valence-electron chi connectivity index (χ0n) is 18.8. The van der Waals surface area contributed by atoms with Crippen molar-refractivity contribution in [3.8, 4) is 11.5 Å². The molecule has 33 heavy (non-hydrogen) atoms. The number of aliphatic hydroxyl groups is 2. The van der Waals surface area contributed by atoms with Gasteiger partial charge >= 0.3 is 6.16 Å². The van der Waals surface area contributed by atoms with Crippen LogP contribution in [0.1, 0.15) is 29.7 Å². The Hall–Kier alpha value is -2.88. The smallest absolute Gasteiger partial charge is 0.497 e. The molecule has 180 valence electrons. The van der Waals surface area contributed by atoms with Crippen molar-refractivity contribution in [3.63, 3.8) is 0 Å². The summed E-state index contributed by atoms with van der Waals surface area (Å²) in [5.74, 6) is 1.37. The molecule has 5 atom stereocenters. The van der Waals surface area contributed by atoms with Gasteiger partial charge in [0.05, 0.1) is 20.8 Å². The van der Waals surface area contributed by atoms with E-state index < -0.39 is 43.3 Å². The molecular weight excluding hydrogens is 435 g/mol. The lowest BCUT2D eigenvalue weighted by atomic mass is 9.90. The lowest BCUT2D eigenvalue weighted by Gasteiger charge is -2.39. The molecule has 2 aromatic rings. The highest BCUT2D eigenvalue weighted by Crippen LogP contribution is 2.36. The van der Waals surface area contributed by atoms with E-state index in [1.165, 1.54) is 0 Å². The molecule has 0 amide bonds. The fourth-order valence-corrected chi connectivity index (χ4v) is 3.72. The van der Waals surface area contributed by atoms with Crippen LogP contribution >= 0.6 is 0 Å². The Morgan fingerprint density at radius 3 is 2.39 bits per heavy atom. The Kier molecular flexibility index (Phi) is 8.49. The number of aliphatic hydroxyl groups excluding tert-OH is 2. The van der Waals surface area contributed by atoms with Crippen LogP contribution < -0.4 is 9.47 Å². The summed E-state index contributed by atoms with van der Waals surface area (Å²) in [7, 11) is 3.15. The third-order valence-electron chi connectivity index (χ3n) is 5.48. The maximum Gasteiger partial charge on any atom is 0.508 e. The molecule has 5 unspecified atom stereocenters. The van der Waals surface area contributed by atoms with E-state index in [0.29, 0.717) is 17.7 Å². The van der Waals surface area contributed by atoms with E-state index in [1.54, 1.807) is 39.3 Å². The molecule has 0 aliphatic carbocycles.